The molecule has 138 valence electrons. The Balaban J connectivity index is 1.75. The Labute approximate surface area is 160 Å². The molecule has 0 fully saturated rings. The van der Waals surface area contributed by atoms with Crippen molar-refractivity contribution in [2.24, 2.45) is 0 Å². The summed E-state index contributed by atoms with van der Waals surface area (Å²) in [5, 5.41) is 15.2. The van der Waals surface area contributed by atoms with Gasteiger partial charge in [0.2, 0.25) is 11.8 Å². The van der Waals surface area contributed by atoms with E-state index in [2.05, 4.69) is 20.6 Å². The van der Waals surface area contributed by atoms with Crippen LogP contribution in [0.1, 0.15) is 6.92 Å². The van der Waals surface area contributed by atoms with Crippen LogP contribution in [0, 0.1) is 0 Å². The van der Waals surface area contributed by atoms with Crippen LogP contribution in [0.2, 0.25) is 10.0 Å². The maximum absolute atomic E-state index is 11.8. The van der Waals surface area contributed by atoms with E-state index in [1.165, 1.54) is 4.90 Å². The number of carbonyl (C=O) groups is 1. The van der Waals surface area contributed by atoms with Gasteiger partial charge in [-0.1, -0.05) is 23.2 Å². The summed E-state index contributed by atoms with van der Waals surface area (Å²) in [7, 11) is 3.40. The first-order chi connectivity index (χ1) is 12.4. The van der Waals surface area contributed by atoms with Crippen molar-refractivity contribution in [1.82, 2.24) is 30.0 Å². The molecule has 2 aromatic heterocycles. The molecule has 0 saturated carbocycles. The molecular weight excluding hydrogens is 379 g/mol. The fraction of sp³-hybridized carbons (Fsp3) is 0.312. The molecule has 3 rings (SSSR count). The van der Waals surface area contributed by atoms with Gasteiger partial charge in [-0.15, -0.1) is 10.2 Å². The Hall–Kier alpha value is -2.29. The van der Waals surface area contributed by atoms with Crippen LogP contribution < -0.4 is 10.1 Å². The summed E-state index contributed by atoms with van der Waals surface area (Å²) in [6.45, 7) is 1.87. The van der Waals surface area contributed by atoms with Gasteiger partial charge in [-0.3, -0.25) is 15.2 Å². The minimum Gasteiger partial charge on any atom is -0.461 e. The number of likely N-dealkylation sites (N-methyl/N-ethyl adjacent to an activating group) is 1. The lowest BCUT2D eigenvalue weighted by Crippen LogP contribution is -2.42. The second-order valence-electron chi connectivity index (χ2n) is 5.89. The molecule has 1 amide bonds. The Morgan fingerprint density at radius 2 is 2.00 bits per heavy atom. The Morgan fingerprint density at radius 1 is 1.31 bits per heavy atom. The zero-order chi connectivity index (χ0) is 18.8. The lowest BCUT2D eigenvalue weighted by molar-refractivity contribution is -0.130. The van der Waals surface area contributed by atoms with E-state index in [0.29, 0.717) is 27.4 Å². The number of H-pyrrole nitrogens is 1. The molecule has 0 aliphatic heterocycles. The number of amides is 1. The van der Waals surface area contributed by atoms with E-state index < -0.39 is 0 Å². The molecule has 0 saturated heterocycles. The summed E-state index contributed by atoms with van der Waals surface area (Å²) >= 11 is 12.2. The van der Waals surface area contributed by atoms with Crippen LogP contribution in [-0.2, 0) is 4.79 Å². The number of aromatic nitrogens is 4. The number of benzene rings is 1. The monoisotopic (exact) mass is 396 g/mol. The van der Waals surface area contributed by atoms with E-state index in [4.69, 9.17) is 27.9 Å². The molecule has 2 N–H and O–H groups in total. The number of ether oxygens (including phenoxy) is 1. The highest BCUT2D eigenvalue weighted by Gasteiger charge is 2.19. The van der Waals surface area contributed by atoms with E-state index >= 15 is 0 Å². The maximum Gasteiger partial charge on any atom is 0.239 e. The largest absolute Gasteiger partial charge is 0.461 e. The van der Waals surface area contributed by atoms with E-state index in [9.17, 15) is 4.79 Å². The number of nitrogens with zero attached hydrogens (tertiary/aromatic N) is 4. The van der Waals surface area contributed by atoms with Gasteiger partial charge in [-0.2, -0.15) is 0 Å². The summed E-state index contributed by atoms with van der Waals surface area (Å²) < 4.78 is 7.25. The fourth-order valence-electron chi connectivity index (χ4n) is 2.38. The Morgan fingerprint density at radius 3 is 2.65 bits per heavy atom. The smallest absolute Gasteiger partial charge is 0.239 e. The third kappa shape index (κ3) is 3.62. The van der Waals surface area contributed by atoms with Crippen molar-refractivity contribution in [3.05, 3.63) is 34.3 Å². The zero-order valence-electron chi connectivity index (χ0n) is 14.5. The van der Waals surface area contributed by atoms with Crippen LogP contribution in [0.3, 0.4) is 0 Å². The first-order valence-electron chi connectivity index (χ1n) is 7.84. The highest BCUT2D eigenvalue weighted by Crippen LogP contribution is 2.30. The highest BCUT2D eigenvalue weighted by atomic mass is 35.5. The van der Waals surface area contributed by atoms with Crippen molar-refractivity contribution in [1.29, 1.82) is 0 Å². The van der Waals surface area contributed by atoms with E-state index in [0.717, 1.165) is 5.56 Å². The van der Waals surface area contributed by atoms with Gasteiger partial charge in [0.15, 0.2) is 11.5 Å². The number of halogens is 2. The number of hydrogen-bond donors (Lipinski definition) is 2. The second-order valence-corrected chi connectivity index (χ2v) is 6.71. The van der Waals surface area contributed by atoms with Crippen molar-refractivity contribution < 1.29 is 9.53 Å². The van der Waals surface area contributed by atoms with Crippen molar-refractivity contribution in [3.63, 3.8) is 0 Å². The Kier molecular flexibility index (Phi) is 5.36. The molecule has 10 heteroatoms. The van der Waals surface area contributed by atoms with Gasteiger partial charge in [0.25, 0.3) is 0 Å². The molecular formula is C16H18Cl2N6O2. The van der Waals surface area contributed by atoms with Gasteiger partial charge in [0, 0.05) is 24.7 Å². The molecule has 1 aromatic carbocycles. The minimum absolute atomic E-state index is 0.0461. The number of carbonyl (C=O) groups excluding carboxylic acids is 1. The molecule has 1 unspecified atom stereocenters. The first kappa shape index (κ1) is 18.5. The van der Waals surface area contributed by atoms with Crippen molar-refractivity contribution in [3.8, 4) is 17.3 Å². The third-order valence-electron chi connectivity index (χ3n) is 3.79. The van der Waals surface area contributed by atoms with E-state index in [1.807, 2.05) is 12.1 Å². The number of nitrogens with one attached hydrogen (secondary N) is 2. The summed E-state index contributed by atoms with van der Waals surface area (Å²) in [6, 6.07) is 6.84. The molecule has 0 aliphatic rings. The SMILES string of the molecule is CC(NCOc1[nH]n2c(-c3ccc(Cl)cc3)nnc2c1Cl)C(=O)N(C)C. The predicted molar refractivity (Wildman–Crippen MR) is 99.6 cm³/mol. The normalized spacial score (nSPS) is 12.3. The summed E-state index contributed by atoms with van der Waals surface area (Å²) in [5.41, 5.74) is 1.28. The first-order valence-corrected chi connectivity index (χ1v) is 8.60. The number of aromatic amines is 1. The van der Waals surface area contributed by atoms with Crippen LogP contribution in [0.4, 0.5) is 0 Å². The van der Waals surface area contributed by atoms with Crippen LogP contribution in [-0.4, -0.2) is 57.5 Å². The number of fused-ring (bicyclic) bond motifs is 1. The predicted octanol–water partition coefficient (Wildman–Crippen LogP) is 2.43. The zero-order valence-corrected chi connectivity index (χ0v) is 16.0. The van der Waals surface area contributed by atoms with Crippen LogP contribution in [0.25, 0.3) is 17.0 Å². The topological polar surface area (TPSA) is 87.5 Å². The van der Waals surface area contributed by atoms with Gasteiger partial charge in [-0.05, 0) is 31.2 Å². The van der Waals surface area contributed by atoms with Gasteiger partial charge < -0.3 is 9.64 Å². The molecule has 1 atom stereocenters. The van der Waals surface area contributed by atoms with Crippen LogP contribution >= 0.6 is 23.2 Å². The Bertz CT molecular complexity index is 919. The number of rotatable bonds is 6. The van der Waals surface area contributed by atoms with Gasteiger partial charge in [0.05, 0.1) is 6.04 Å². The standard InChI is InChI=1S/C16H18Cl2N6O2/c1-9(16(25)23(2)3)19-8-26-15-12(18)14-21-20-13(24(14)22-15)10-4-6-11(17)7-5-10/h4-7,9,19,22H,8H2,1-3H3. The second kappa shape index (κ2) is 7.53. The van der Waals surface area contributed by atoms with Gasteiger partial charge in [0.1, 0.15) is 11.8 Å². The van der Waals surface area contributed by atoms with E-state index in [1.54, 1.807) is 37.7 Å². The molecule has 26 heavy (non-hydrogen) atoms. The van der Waals surface area contributed by atoms with Crippen molar-refractivity contribution in [2.75, 3.05) is 20.8 Å². The van der Waals surface area contributed by atoms with E-state index in [-0.39, 0.29) is 18.7 Å². The molecule has 3 aromatic rings. The van der Waals surface area contributed by atoms with Gasteiger partial charge >= 0.3 is 0 Å². The molecule has 2 heterocycles. The third-order valence-corrected chi connectivity index (χ3v) is 4.38. The lowest BCUT2D eigenvalue weighted by Gasteiger charge is -2.17. The van der Waals surface area contributed by atoms with Crippen LogP contribution in [0.15, 0.2) is 24.3 Å². The molecule has 0 bridgehead atoms. The summed E-state index contributed by atoms with van der Waals surface area (Å²) in [4.78, 5) is 13.3. The minimum atomic E-state index is -0.380. The molecule has 8 nitrogen and oxygen atoms in total. The molecule has 0 aliphatic carbocycles. The van der Waals surface area contributed by atoms with Crippen molar-refractivity contribution >= 4 is 34.8 Å². The highest BCUT2D eigenvalue weighted by molar-refractivity contribution is 6.34. The summed E-state index contributed by atoms with van der Waals surface area (Å²) in [5.74, 6) is 0.872. The number of hydrogen-bond acceptors (Lipinski definition) is 5. The quantitative estimate of drug-likeness (QED) is 0.624. The lowest BCUT2D eigenvalue weighted by atomic mass is 10.2. The van der Waals surface area contributed by atoms with Crippen molar-refractivity contribution in [2.45, 2.75) is 13.0 Å². The van der Waals surface area contributed by atoms with Gasteiger partial charge in [-0.25, -0.2) is 4.52 Å². The molecule has 0 spiro atoms. The average molecular weight is 397 g/mol. The fourth-order valence-corrected chi connectivity index (χ4v) is 2.72. The van der Waals surface area contributed by atoms with Crippen LogP contribution in [0.5, 0.6) is 5.88 Å². The maximum atomic E-state index is 11.8. The average Bonchev–Trinajstić information content (AvgIpc) is 3.15. The molecule has 0 radical (unpaired) electrons. The summed E-state index contributed by atoms with van der Waals surface area (Å²) in [6.07, 6.45) is 0.